The van der Waals surface area contributed by atoms with Gasteiger partial charge in [0, 0.05) is 0 Å². The van der Waals surface area contributed by atoms with Crippen molar-refractivity contribution in [2.24, 2.45) is 0 Å². The molecule has 1 atom stereocenters. The molecule has 33 heavy (non-hydrogen) atoms. The number of carbonyl (C=O) groups is 1. The van der Waals surface area contributed by atoms with E-state index < -0.39 is 17.2 Å². The zero-order valence-corrected chi connectivity index (χ0v) is 18.4. The molecule has 1 aromatic heterocycles. The summed E-state index contributed by atoms with van der Waals surface area (Å²) in [6.45, 7) is 3.79. The van der Waals surface area contributed by atoms with Gasteiger partial charge in [-0.15, -0.1) is 0 Å². The first-order valence-corrected chi connectivity index (χ1v) is 10.6. The van der Waals surface area contributed by atoms with Crippen LogP contribution in [-0.2, 0) is 6.54 Å². The van der Waals surface area contributed by atoms with Crippen LogP contribution in [0.15, 0.2) is 94.5 Å². The van der Waals surface area contributed by atoms with Gasteiger partial charge in [-0.2, -0.15) is 9.78 Å². The molecule has 0 aliphatic heterocycles. The fourth-order valence-electron chi connectivity index (χ4n) is 3.62. The molecule has 0 aliphatic carbocycles. The van der Waals surface area contributed by atoms with Crippen LogP contribution in [0.4, 0.5) is 0 Å². The Bertz CT molecular complexity index is 1390. The Kier molecular flexibility index (Phi) is 6.31. The van der Waals surface area contributed by atoms with E-state index in [9.17, 15) is 14.4 Å². The molecule has 0 radical (unpaired) electrons. The number of aryl methyl sites for hydroxylation is 1. The normalized spacial score (nSPS) is 11.7. The van der Waals surface area contributed by atoms with Gasteiger partial charge in [0.25, 0.3) is 11.5 Å². The second kappa shape index (κ2) is 9.48. The van der Waals surface area contributed by atoms with E-state index in [1.165, 1.54) is 0 Å². The van der Waals surface area contributed by atoms with E-state index in [0.717, 1.165) is 25.9 Å². The topological polar surface area (TPSA) is 86.0 Å². The van der Waals surface area contributed by atoms with Crippen LogP contribution in [0, 0.1) is 6.92 Å². The van der Waals surface area contributed by atoms with Crippen molar-refractivity contribution in [3.05, 3.63) is 128 Å². The Labute approximate surface area is 191 Å². The van der Waals surface area contributed by atoms with Crippen molar-refractivity contribution in [2.75, 3.05) is 0 Å². The molecule has 0 saturated carbocycles. The van der Waals surface area contributed by atoms with Gasteiger partial charge in [-0.25, -0.2) is 4.79 Å². The lowest BCUT2D eigenvalue weighted by Crippen LogP contribution is -2.46. The predicted molar refractivity (Wildman–Crippen MR) is 127 cm³/mol. The van der Waals surface area contributed by atoms with E-state index in [4.69, 9.17) is 0 Å². The first kappa shape index (κ1) is 22.0. The SMILES string of the molecule is Cc1cccc(Cn2c(=O)c(C(=O)N[C@H](C)c3ccccc3)nn(-c3ccccc3)c2=O)c1. The zero-order chi connectivity index (χ0) is 23.4. The number of hydrogen-bond acceptors (Lipinski definition) is 4. The molecule has 0 aliphatic rings. The van der Waals surface area contributed by atoms with Gasteiger partial charge < -0.3 is 5.32 Å². The second-order valence-corrected chi connectivity index (χ2v) is 7.86. The molecule has 7 heteroatoms. The monoisotopic (exact) mass is 440 g/mol. The largest absolute Gasteiger partial charge is 0.352 e. The third kappa shape index (κ3) is 4.82. The summed E-state index contributed by atoms with van der Waals surface area (Å²) < 4.78 is 2.15. The molecular formula is C26H24N4O3. The predicted octanol–water partition coefficient (Wildman–Crippen LogP) is 3.24. The maximum absolute atomic E-state index is 13.2. The Balaban J connectivity index is 1.80. The molecule has 0 spiro atoms. The smallest absolute Gasteiger partial charge is 0.344 e. The molecule has 0 unspecified atom stereocenters. The number of rotatable bonds is 6. The minimum atomic E-state index is -0.730. The second-order valence-electron chi connectivity index (χ2n) is 7.86. The van der Waals surface area contributed by atoms with Crippen molar-refractivity contribution < 1.29 is 4.79 Å². The zero-order valence-electron chi connectivity index (χ0n) is 18.4. The number of benzene rings is 3. The third-order valence-corrected chi connectivity index (χ3v) is 5.35. The average molecular weight is 441 g/mol. The van der Waals surface area contributed by atoms with Gasteiger partial charge >= 0.3 is 5.69 Å². The lowest BCUT2D eigenvalue weighted by atomic mass is 10.1. The molecule has 4 aromatic rings. The van der Waals surface area contributed by atoms with Crippen molar-refractivity contribution in [3.8, 4) is 5.69 Å². The van der Waals surface area contributed by atoms with Crippen LogP contribution in [0.2, 0.25) is 0 Å². The summed E-state index contributed by atoms with van der Waals surface area (Å²) in [5.41, 5.74) is 1.46. The molecule has 4 rings (SSSR count). The summed E-state index contributed by atoms with van der Waals surface area (Å²) in [5.74, 6) is -0.640. The molecule has 0 bridgehead atoms. The van der Waals surface area contributed by atoms with Crippen LogP contribution in [0.1, 0.15) is 40.1 Å². The van der Waals surface area contributed by atoms with Crippen LogP contribution in [-0.4, -0.2) is 20.3 Å². The highest BCUT2D eigenvalue weighted by atomic mass is 16.2. The molecule has 0 saturated heterocycles. The number of aromatic nitrogens is 3. The summed E-state index contributed by atoms with van der Waals surface area (Å²) in [6, 6.07) is 25.3. The minimum Gasteiger partial charge on any atom is -0.344 e. The van der Waals surface area contributed by atoms with Gasteiger partial charge in [-0.3, -0.25) is 14.2 Å². The van der Waals surface area contributed by atoms with Gasteiger partial charge in [-0.1, -0.05) is 78.4 Å². The summed E-state index contributed by atoms with van der Waals surface area (Å²) in [7, 11) is 0. The Hall–Kier alpha value is -4.26. The molecule has 7 nitrogen and oxygen atoms in total. The maximum atomic E-state index is 13.2. The quantitative estimate of drug-likeness (QED) is 0.499. The van der Waals surface area contributed by atoms with Crippen molar-refractivity contribution in [3.63, 3.8) is 0 Å². The summed E-state index contributed by atoms with van der Waals surface area (Å²) in [5, 5.41) is 6.99. The lowest BCUT2D eigenvalue weighted by Gasteiger charge is -2.16. The fourth-order valence-corrected chi connectivity index (χ4v) is 3.62. The molecular weight excluding hydrogens is 416 g/mol. The summed E-state index contributed by atoms with van der Waals surface area (Å²) >= 11 is 0. The number of hydrogen-bond donors (Lipinski definition) is 1. The first-order valence-electron chi connectivity index (χ1n) is 10.6. The van der Waals surface area contributed by atoms with Crippen LogP contribution in [0.3, 0.4) is 0 Å². The molecule has 0 fully saturated rings. The van der Waals surface area contributed by atoms with Crippen molar-refractivity contribution in [1.29, 1.82) is 0 Å². The average Bonchev–Trinajstić information content (AvgIpc) is 2.83. The fraction of sp³-hybridized carbons (Fsp3) is 0.154. The Morgan fingerprint density at radius 2 is 1.61 bits per heavy atom. The highest BCUT2D eigenvalue weighted by Crippen LogP contribution is 2.12. The van der Waals surface area contributed by atoms with Crippen molar-refractivity contribution >= 4 is 5.91 Å². The van der Waals surface area contributed by atoms with Crippen molar-refractivity contribution in [1.82, 2.24) is 19.7 Å². The standard InChI is InChI=1S/C26H24N4O3/c1-18-10-9-11-20(16-18)17-29-25(32)23(24(31)27-19(2)21-12-5-3-6-13-21)28-30(26(29)33)22-14-7-4-8-15-22/h3-16,19H,17H2,1-2H3,(H,27,31)/t19-/m1/s1. The van der Waals surface area contributed by atoms with Gasteiger partial charge in [0.1, 0.15) is 0 Å². The maximum Gasteiger partial charge on any atom is 0.352 e. The van der Waals surface area contributed by atoms with E-state index in [2.05, 4.69) is 10.4 Å². The Morgan fingerprint density at radius 3 is 2.27 bits per heavy atom. The van der Waals surface area contributed by atoms with Crippen LogP contribution < -0.4 is 16.6 Å². The van der Waals surface area contributed by atoms with Crippen LogP contribution in [0.5, 0.6) is 0 Å². The van der Waals surface area contributed by atoms with E-state index in [1.807, 2.05) is 74.5 Å². The number of nitrogens with zero attached hydrogens (tertiary/aromatic N) is 3. The minimum absolute atomic E-state index is 0.0310. The molecule has 1 heterocycles. The molecule has 3 aromatic carbocycles. The summed E-state index contributed by atoms with van der Waals surface area (Å²) in [6.07, 6.45) is 0. The summed E-state index contributed by atoms with van der Waals surface area (Å²) in [4.78, 5) is 39.6. The number of amides is 1. The van der Waals surface area contributed by atoms with Gasteiger partial charge in [-0.05, 0) is 37.1 Å². The molecule has 166 valence electrons. The van der Waals surface area contributed by atoms with Gasteiger partial charge in [0.05, 0.1) is 18.3 Å². The van der Waals surface area contributed by atoms with Crippen LogP contribution in [0.25, 0.3) is 5.69 Å². The molecule has 1 N–H and O–H groups in total. The Morgan fingerprint density at radius 1 is 0.939 bits per heavy atom. The van der Waals surface area contributed by atoms with E-state index in [1.54, 1.807) is 24.3 Å². The number of para-hydroxylation sites is 1. The van der Waals surface area contributed by atoms with Gasteiger partial charge in [0.15, 0.2) is 0 Å². The van der Waals surface area contributed by atoms with Crippen molar-refractivity contribution in [2.45, 2.75) is 26.4 Å². The number of nitrogens with one attached hydrogen (secondary N) is 1. The highest BCUT2D eigenvalue weighted by molar-refractivity contribution is 5.92. The van der Waals surface area contributed by atoms with Crippen LogP contribution >= 0.6 is 0 Å². The lowest BCUT2D eigenvalue weighted by molar-refractivity contribution is 0.0930. The van der Waals surface area contributed by atoms with Gasteiger partial charge in [0.2, 0.25) is 5.69 Å². The highest BCUT2D eigenvalue weighted by Gasteiger charge is 2.22. The molecule has 1 amide bonds. The first-order chi connectivity index (χ1) is 15.9. The van der Waals surface area contributed by atoms with E-state index in [-0.39, 0.29) is 18.3 Å². The number of carbonyl (C=O) groups excluding carboxylic acids is 1. The third-order valence-electron chi connectivity index (χ3n) is 5.35. The van der Waals surface area contributed by atoms with E-state index in [0.29, 0.717) is 5.69 Å². The van der Waals surface area contributed by atoms with E-state index >= 15 is 0 Å².